The maximum Gasteiger partial charge on any atom is 0.176 e. The molecule has 0 atom stereocenters. The zero-order chi connectivity index (χ0) is 23.5. The largest absolute Gasteiger partial charge is 0.329 e. The lowest BCUT2D eigenvalue weighted by Gasteiger charge is -2.10. The van der Waals surface area contributed by atoms with Gasteiger partial charge in [0.05, 0.1) is 34.6 Å². The Kier molecular flexibility index (Phi) is 6.95. The summed E-state index contributed by atoms with van der Waals surface area (Å²) in [4.78, 5) is 0. The normalized spacial score (nSPS) is 10.9. The van der Waals surface area contributed by atoms with Crippen LogP contribution in [0.3, 0.4) is 0 Å². The molecule has 0 aliphatic carbocycles. The van der Waals surface area contributed by atoms with Crippen molar-refractivity contribution >= 4 is 44.8 Å². The number of nitrogens with zero attached hydrogens (tertiary/aromatic N) is 4. The molecule has 2 heterocycles. The highest BCUT2D eigenvalue weighted by molar-refractivity contribution is 9.10. The molecule has 0 fully saturated rings. The van der Waals surface area contributed by atoms with Gasteiger partial charge in [0.1, 0.15) is 0 Å². The predicted molar refractivity (Wildman–Crippen MR) is 142 cm³/mol. The summed E-state index contributed by atoms with van der Waals surface area (Å²) in [6.45, 7) is 9.60. The highest BCUT2D eigenvalue weighted by Gasteiger charge is 2.15. The molecule has 2 N–H and O–H groups in total. The summed E-state index contributed by atoms with van der Waals surface area (Å²) < 4.78 is 4.73. The molecule has 4 rings (SSSR count). The minimum absolute atomic E-state index is 0.470. The van der Waals surface area contributed by atoms with E-state index in [0.717, 1.165) is 21.5 Å². The maximum atomic E-state index is 5.57. The van der Waals surface area contributed by atoms with Gasteiger partial charge in [-0.05, 0) is 67.0 Å². The van der Waals surface area contributed by atoms with Gasteiger partial charge in [-0.3, -0.25) is 9.36 Å². The molecule has 2 aromatic heterocycles. The quantitative estimate of drug-likeness (QED) is 0.305. The van der Waals surface area contributed by atoms with Gasteiger partial charge in [-0.1, -0.05) is 59.7 Å². The van der Waals surface area contributed by atoms with Crippen LogP contribution < -0.4 is 10.6 Å². The number of nitrogens with one attached hydrogen (secondary N) is 2. The Bertz CT molecular complexity index is 1270. The molecular weight excluding hydrogens is 496 g/mol. The standard InChI is InChI=1S/C25H27BrN6S/c1-16-5-9-20(10-6-16)13-31-15-22(26)24(30-31)28-25(33)27-23-18(3)29-32(19(23)4)14-21-11-7-17(2)8-12-21/h5-12,15H,13-14H2,1-4H3,(H2,27,28,30,33). The molecule has 8 heteroatoms. The Balaban J connectivity index is 1.42. The molecule has 33 heavy (non-hydrogen) atoms. The Morgan fingerprint density at radius 3 is 2.03 bits per heavy atom. The molecule has 0 saturated heterocycles. The number of rotatable bonds is 6. The maximum absolute atomic E-state index is 5.57. The number of thiocarbonyl (C=S) groups is 1. The van der Waals surface area contributed by atoms with Crippen molar-refractivity contribution in [3.63, 3.8) is 0 Å². The molecular formula is C25H27BrN6S. The summed E-state index contributed by atoms with van der Waals surface area (Å²) in [7, 11) is 0. The second-order valence-corrected chi connectivity index (χ2v) is 9.54. The summed E-state index contributed by atoms with van der Waals surface area (Å²) in [5.41, 5.74) is 7.73. The van der Waals surface area contributed by atoms with Crippen LogP contribution in [0.5, 0.6) is 0 Å². The zero-order valence-corrected chi connectivity index (χ0v) is 21.6. The van der Waals surface area contributed by atoms with Crippen molar-refractivity contribution in [3.05, 3.63) is 92.8 Å². The molecule has 6 nitrogen and oxygen atoms in total. The number of aromatic nitrogens is 4. The molecule has 2 aromatic carbocycles. The summed E-state index contributed by atoms with van der Waals surface area (Å²) in [5, 5.41) is 16.3. The summed E-state index contributed by atoms with van der Waals surface area (Å²) in [5.74, 6) is 0.668. The molecule has 170 valence electrons. The van der Waals surface area contributed by atoms with Crippen LogP contribution >= 0.6 is 28.1 Å². The number of hydrogen-bond donors (Lipinski definition) is 2. The third-order valence-corrected chi connectivity index (χ3v) is 6.27. The highest BCUT2D eigenvalue weighted by Crippen LogP contribution is 2.24. The van der Waals surface area contributed by atoms with Gasteiger partial charge < -0.3 is 10.6 Å². The van der Waals surface area contributed by atoms with E-state index in [0.29, 0.717) is 24.0 Å². The Morgan fingerprint density at radius 2 is 1.42 bits per heavy atom. The van der Waals surface area contributed by atoms with Crippen molar-refractivity contribution < 1.29 is 0 Å². The van der Waals surface area contributed by atoms with Gasteiger partial charge in [0.25, 0.3) is 0 Å². The molecule has 0 saturated carbocycles. The van der Waals surface area contributed by atoms with Crippen molar-refractivity contribution in [1.29, 1.82) is 0 Å². The SMILES string of the molecule is Cc1ccc(Cn2cc(Br)c(NC(=S)Nc3c(C)nn(Cc4ccc(C)cc4)c3C)n2)cc1. The van der Waals surface area contributed by atoms with E-state index in [1.165, 1.54) is 22.3 Å². The Hall–Kier alpha value is -2.97. The lowest BCUT2D eigenvalue weighted by molar-refractivity contribution is 0.659. The van der Waals surface area contributed by atoms with Gasteiger partial charge in [-0.15, -0.1) is 0 Å². The molecule has 0 radical (unpaired) electrons. The molecule has 0 bridgehead atoms. The van der Waals surface area contributed by atoms with Crippen molar-refractivity contribution in [2.45, 2.75) is 40.8 Å². The van der Waals surface area contributed by atoms with E-state index in [1.807, 2.05) is 29.4 Å². The Morgan fingerprint density at radius 1 is 0.848 bits per heavy atom. The van der Waals surface area contributed by atoms with E-state index < -0.39 is 0 Å². The minimum atomic E-state index is 0.470. The van der Waals surface area contributed by atoms with Gasteiger partial charge >= 0.3 is 0 Å². The second-order valence-electron chi connectivity index (χ2n) is 8.28. The van der Waals surface area contributed by atoms with Crippen LogP contribution in [0.4, 0.5) is 11.5 Å². The van der Waals surface area contributed by atoms with Crippen LogP contribution in [-0.2, 0) is 13.1 Å². The number of benzene rings is 2. The second kappa shape index (κ2) is 9.89. The van der Waals surface area contributed by atoms with Gasteiger partial charge in [0.2, 0.25) is 0 Å². The van der Waals surface area contributed by atoms with Crippen LogP contribution in [0.25, 0.3) is 0 Å². The molecule has 0 aliphatic heterocycles. The molecule has 0 aliphatic rings. The monoisotopic (exact) mass is 522 g/mol. The summed E-state index contributed by atoms with van der Waals surface area (Å²) in [6.07, 6.45) is 1.95. The topological polar surface area (TPSA) is 59.7 Å². The van der Waals surface area contributed by atoms with E-state index in [1.54, 1.807) is 0 Å². The minimum Gasteiger partial charge on any atom is -0.329 e. The van der Waals surface area contributed by atoms with Crippen molar-refractivity contribution in [3.8, 4) is 0 Å². The number of hydrogen-bond acceptors (Lipinski definition) is 3. The van der Waals surface area contributed by atoms with Gasteiger partial charge in [0, 0.05) is 6.20 Å². The summed E-state index contributed by atoms with van der Waals surface area (Å²) >= 11 is 9.16. The zero-order valence-electron chi connectivity index (χ0n) is 19.2. The molecule has 0 amide bonds. The fourth-order valence-electron chi connectivity index (χ4n) is 3.59. The predicted octanol–water partition coefficient (Wildman–Crippen LogP) is 5.98. The number of aryl methyl sites for hydroxylation is 3. The van der Waals surface area contributed by atoms with E-state index in [9.17, 15) is 0 Å². The Labute approximate surface area is 208 Å². The van der Waals surface area contributed by atoms with E-state index >= 15 is 0 Å². The van der Waals surface area contributed by atoms with Crippen LogP contribution in [-0.4, -0.2) is 24.7 Å². The average Bonchev–Trinajstić information content (AvgIpc) is 3.24. The first-order valence-corrected chi connectivity index (χ1v) is 11.9. The van der Waals surface area contributed by atoms with Crippen molar-refractivity contribution in [2.24, 2.45) is 0 Å². The van der Waals surface area contributed by atoms with Gasteiger partial charge in [-0.25, -0.2) is 0 Å². The van der Waals surface area contributed by atoms with Crippen LogP contribution in [0.1, 0.15) is 33.6 Å². The number of anilines is 2. The van der Waals surface area contributed by atoms with Crippen LogP contribution in [0.15, 0.2) is 59.2 Å². The van der Waals surface area contributed by atoms with Crippen LogP contribution in [0, 0.1) is 27.7 Å². The van der Waals surface area contributed by atoms with Gasteiger partial charge in [0.15, 0.2) is 10.9 Å². The summed E-state index contributed by atoms with van der Waals surface area (Å²) in [6, 6.07) is 17.0. The third-order valence-electron chi connectivity index (χ3n) is 5.49. The van der Waals surface area contributed by atoms with E-state index in [4.69, 9.17) is 17.3 Å². The first kappa shape index (κ1) is 23.2. The molecule has 4 aromatic rings. The van der Waals surface area contributed by atoms with Crippen molar-refractivity contribution in [1.82, 2.24) is 19.6 Å². The van der Waals surface area contributed by atoms with Crippen molar-refractivity contribution in [2.75, 3.05) is 10.6 Å². The van der Waals surface area contributed by atoms with Crippen LogP contribution in [0.2, 0.25) is 0 Å². The lowest BCUT2D eigenvalue weighted by atomic mass is 10.1. The fourth-order valence-corrected chi connectivity index (χ4v) is 4.21. The third kappa shape index (κ3) is 5.69. The first-order valence-electron chi connectivity index (χ1n) is 10.7. The van der Waals surface area contributed by atoms with E-state index in [-0.39, 0.29) is 0 Å². The smallest absolute Gasteiger partial charge is 0.176 e. The van der Waals surface area contributed by atoms with E-state index in [2.05, 4.69) is 94.0 Å². The first-order chi connectivity index (χ1) is 15.8. The lowest BCUT2D eigenvalue weighted by Crippen LogP contribution is -2.20. The fraction of sp³-hybridized carbons (Fsp3) is 0.240. The molecule has 0 spiro atoms. The molecule has 0 unspecified atom stereocenters. The van der Waals surface area contributed by atoms with Gasteiger partial charge in [-0.2, -0.15) is 10.2 Å². The average molecular weight is 524 g/mol. The highest BCUT2D eigenvalue weighted by atomic mass is 79.9. The number of halogens is 1.